The average Bonchev–Trinajstić information content (AvgIpc) is 3.75. The molecule has 7 heteroatoms. The van der Waals surface area contributed by atoms with E-state index >= 15 is 0 Å². The van der Waals surface area contributed by atoms with Crippen LogP contribution < -0.4 is 5.32 Å². The molecule has 0 spiro atoms. The second-order valence-electron chi connectivity index (χ2n) is 9.71. The molecule has 200 valence electrons. The molecule has 0 unspecified atom stereocenters. The number of Topliss-reactive ketones (excluding diaryl/α,β-unsaturated/α-hetero) is 2. The van der Waals surface area contributed by atoms with E-state index in [1.54, 1.807) is 21.8 Å². The molecule has 2 heterocycles. The van der Waals surface area contributed by atoms with Crippen LogP contribution in [0.4, 0.5) is 11.4 Å². The molecule has 0 radical (unpaired) electrons. The fraction of sp³-hybridized carbons (Fsp3) is 0.0588. The summed E-state index contributed by atoms with van der Waals surface area (Å²) in [5.74, 6) is 0.133. The first-order chi connectivity index (χ1) is 20.1. The summed E-state index contributed by atoms with van der Waals surface area (Å²) in [5, 5.41) is 11.8. The van der Waals surface area contributed by atoms with Crippen molar-refractivity contribution < 1.29 is 9.59 Å². The van der Waals surface area contributed by atoms with Crippen molar-refractivity contribution in [3.05, 3.63) is 156 Å². The van der Waals surface area contributed by atoms with E-state index in [0.29, 0.717) is 24.0 Å². The second kappa shape index (κ2) is 11.7. The number of carbonyl (C=O) groups excluding carboxylic acids is 2. The molecule has 0 saturated carbocycles. The number of nitrogens with zero attached hydrogens (tertiary/aromatic N) is 4. The molecule has 7 nitrogen and oxygen atoms in total. The normalized spacial score (nSPS) is 10.8. The Morgan fingerprint density at radius 1 is 0.537 bits per heavy atom. The molecule has 0 saturated heterocycles. The van der Waals surface area contributed by atoms with E-state index in [0.717, 1.165) is 33.9 Å². The maximum atomic E-state index is 12.8. The second-order valence-corrected chi connectivity index (χ2v) is 9.71. The maximum absolute atomic E-state index is 12.8. The summed E-state index contributed by atoms with van der Waals surface area (Å²) in [6.45, 7) is 0. The van der Waals surface area contributed by atoms with Gasteiger partial charge in [0.2, 0.25) is 0 Å². The molecule has 6 rings (SSSR count). The Labute approximate surface area is 237 Å². The molecule has 0 aliphatic rings. The van der Waals surface area contributed by atoms with Crippen molar-refractivity contribution in [1.29, 1.82) is 0 Å². The Morgan fingerprint density at radius 2 is 0.927 bits per heavy atom. The molecule has 2 aromatic heterocycles. The lowest BCUT2D eigenvalue weighted by Gasteiger charge is -2.09. The standard InChI is InChI=1S/C34H27N5O2/c40-33(27-7-15-31(16-8-27)38-21-1-19-35-38)23-25-3-11-29(12-4-25)37-30-13-5-26(6-14-30)24-34(41)28-9-17-32(18-10-28)39-22-2-20-36-39/h1-22,37H,23-24H2. The Hall–Kier alpha value is -5.56. The number of benzene rings is 4. The van der Waals surface area contributed by atoms with Gasteiger partial charge in [0.15, 0.2) is 11.6 Å². The topological polar surface area (TPSA) is 81.8 Å². The molecule has 0 aliphatic heterocycles. The zero-order valence-electron chi connectivity index (χ0n) is 22.2. The lowest BCUT2D eigenvalue weighted by atomic mass is 10.0. The summed E-state index contributed by atoms with van der Waals surface area (Å²) in [7, 11) is 0. The SMILES string of the molecule is O=C(Cc1ccc(Nc2ccc(CC(=O)c3ccc(-n4cccn4)cc3)cc2)cc1)c1ccc(-n2cccn2)cc1. The predicted molar refractivity (Wildman–Crippen MR) is 159 cm³/mol. The van der Waals surface area contributed by atoms with Crippen molar-refractivity contribution in [3.8, 4) is 11.4 Å². The average molecular weight is 538 g/mol. The van der Waals surface area contributed by atoms with Gasteiger partial charge in [-0.25, -0.2) is 9.36 Å². The number of aromatic nitrogens is 4. The van der Waals surface area contributed by atoms with E-state index < -0.39 is 0 Å². The minimum absolute atomic E-state index is 0.0664. The molecular formula is C34H27N5O2. The number of ketones is 2. The van der Waals surface area contributed by atoms with Crippen molar-refractivity contribution in [2.75, 3.05) is 5.32 Å². The zero-order valence-corrected chi connectivity index (χ0v) is 22.2. The summed E-state index contributed by atoms with van der Waals surface area (Å²) in [6.07, 6.45) is 7.84. The van der Waals surface area contributed by atoms with E-state index in [1.807, 2.05) is 122 Å². The molecule has 0 fully saturated rings. The quantitative estimate of drug-likeness (QED) is 0.198. The highest BCUT2D eigenvalue weighted by Gasteiger charge is 2.10. The summed E-state index contributed by atoms with van der Waals surface area (Å²) >= 11 is 0. The van der Waals surface area contributed by atoms with Gasteiger partial charge in [-0.3, -0.25) is 9.59 Å². The van der Waals surface area contributed by atoms with E-state index in [9.17, 15) is 9.59 Å². The lowest BCUT2D eigenvalue weighted by molar-refractivity contribution is 0.0985. The number of anilines is 2. The molecule has 0 aliphatic carbocycles. The third-order valence-corrected chi connectivity index (χ3v) is 6.84. The van der Waals surface area contributed by atoms with E-state index in [2.05, 4.69) is 15.5 Å². The smallest absolute Gasteiger partial charge is 0.167 e. The largest absolute Gasteiger partial charge is 0.356 e. The number of rotatable bonds is 10. The Morgan fingerprint density at radius 3 is 1.27 bits per heavy atom. The van der Waals surface area contributed by atoms with Crippen LogP contribution in [0.15, 0.2) is 134 Å². The van der Waals surface area contributed by atoms with Gasteiger partial charge in [0.25, 0.3) is 0 Å². The molecule has 4 aromatic carbocycles. The molecular weight excluding hydrogens is 510 g/mol. The highest BCUT2D eigenvalue weighted by atomic mass is 16.1. The number of hydrogen-bond donors (Lipinski definition) is 1. The van der Waals surface area contributed by atoms with Gasteiger partial charge in [-0.1, -0.05) is 24.3 Å². The lowest BCUT2D eigenvalue weighted by Crippen LogP contribution is -2.04. The number of carbonyl (C=O) groups is 2. The van der Waals surface area contributed by atoms with Crippen molar-refractivity contribution in [2.24, 2.45) is 0 Å². The van der Waals surface area contributed by atoms with E-state index in [-0.39, 0.29) is 11.6 Å². The third-order valence-electron chi connectivity index (χ3n) is 6.84. The van der Waals surface area contributed by atoms with Gasteiger partial charge in [-0.2, -0.15) is 10.2 Å². The van der Waals surface area contributed by atoms with Crippen LogP contribution >= 0.6 is 0 Å². The van der Waals surface area contributed by atoms with Gasteiger partial charge >= 0.3 is 0 Å². The highest BCUT2D eigenvalue weighted by molar-refractivity contribution is 5.98. The van der Waals surface area contributed by atoms with E-state index in [4.69, 9.17) is 0 Å². The summed E-state index contributed by atoms with van der Waals surface area (Å²) < 4.78 is 3.52. The van der Waals surface area contributed by atoms with Crippen molar-refractivity contribution in [3.63, 3.8) is 0 Å². The van der Waals surface area contributed by atoms with Crippen molar-refractivity contribution in [2.45, 2.75) is 12.8 Å². The van der Waals surface area contributed by atoms with Gasteiger partial charge in [0.1, 0.15) is 0 Å². The minimum Gasteiger partial charge on any atom is -0.356 e. The summed E-state index contributed by atoms with van der Waals surface area (Å²) in [6, 6.07) is 34.4. The van der Waals surface area contributed by atoms with Crippen molar-refractivity contribution >= 4 is 22.9 Å². The zero-order chi connectivity index (χ0) is 28.0. The first-order valence-electron chi connectivity index (χ1n) is 13.3. The Balaban J connectivity index is 1.02. The first-order valence-corrected chi connectivity index (χ1v) is 13.3. The van der Waals surface area contributed by atoms with Crippen LogP contribution in [-0.2, 0) is 12.8 Å². The number of hydrogen-bond acceptors (Lipinski definition) is 5. The van der Waals surface area contributed by atoms with Crippen LogP contribution in [0.2, 0.25) is 0 Å². The highest BCUT2D eigenvalue weighted by Crippen LogP contribution is 2.20. The van der Waals surface area contributed by atoms with Gasteiger partial charge in [-0.15, -0.1) is 0 Å². The maximum Gasteiger partial charge on any atom is 0.167 e. The monoisotopic (exact) mass is 537 g/mol. The molecule has 0 amide bonds. The summed E-state index contributed by atoms with van der Waals surface area (Å²) in [5.41, 5.74) is 6.92. The van der Waals surface area contributed by atoms with E-state index in [1.165, 1.54) is 0 Å². The van der Waals surface area contributed by atoms with Crippen LogP contribution in [0.5, 0.6) is 0 Å². The molecule has 41 heavy (non-hydrogen) atoms. The number of nitrogens with one attached hydrogen (secondary N) is 1. The Kier molecular flexibility index (Phi) is 7.32. The third kappa shape index (κ3) is 6.20. The molecule has 1 N–H and O–H groups in total. The van der Waals surface area contributed by atoms with Crippen LogP contribution in [0.25, 0.3) is 11.4 Å². The minimum atomic E-state index is 0.0664. The van der Waals surface area contributed by atoms with Crippen molar-refractivity contribution in [1.82, 2.24) is 19.6 Å². The summed E-state index contributed by atoms with van der Waals surface area (Å²) in [4.78, 5) is 25.6. The van der Waals surface area contributed by atoms with Crippen LogP contribution in [0, 0.1) is 0 Å². The molecule has 6 aromatic rings. The van der Waals surface area contributed by atoms with Gasteiger partial charge in [0.05, 0.1) is 11.4 Å². The fourth-order valence-corrected chi connectivity index (χ4v) is 4.60. The predicted octanol–water partition coefficient (Wildman–Crippen LogP) is 6.65. The van der Waals surface area contributed by atoms with Gasteiger partial charge < -0.3 is 5.32 Å². The first kappa shape index (κ1) is 25.7. The Bertz CT molecular complexity index is 1600. The van der Waals surface area contributed by atoms with Crippen LogP contribution in [0.3, 0.4) is 0 Å². The van der Waals surface area contributed by atoms with Gasteiger partial charge in [0, 0.05) is 60.1 Å². The van der Waals surface area contributed by atoms with Gasteiger partial charge in [-0.05, 0) is 96.1 Å². The van der Waals surface area contributed by atoms with Crippen LogP contribution in [0.1, 0.15) is 31.8 Å². The van der Waals surface area contributed by atoms with Crippen LogP contribution in [-0.4, -0.2) is 31.1 Å². The molecule has 0 atom stereocenters. The molecule has 0 bridgehead atoms. The fourth-order valence-electron chi connectivity index (χ4n) is 4.60.